The average molecular weight is 344 g/mol. The summed E-state index contributed by atoms with van der Waals surface area (Å²) in [6.07, 6.45) is 0.477. The number of benzene rings is 1. The van der Waals surface area contributed by atoms with Gasteiger partial charge in [0.2, 0.25) is 11.9 Å². The minimum Gasteiger partial charge on any atom is -0.313 e. The molecule has 2 rings (SSSR count). The lowest BCUT2D eigenvalue weighted by molar-refractivity contribution is -0.115. The first-order valence-electron chi connectivity index (χ1n) is 6.90. The number of anilines is 1. The maximum Gasteiger partial charge on any atom is 0.244 e. The van der Waals surface area contributed by atoms with Crippen molar-refractivity contribution in [3.63, 3.8) is 0 Å². The molecule has 0 aliphatic heterocycles. The zero-order valence-corrected chi connectivity index (χ0v) is 14.2. The molecule has 0 radical (unpaired) electrons. The number of aryl methyl sites for hydroxylation is 1. The summed E-state index contributed by atoms with van der Waals surface area (Å²) >= 11 is 5.92. The Bertz CT molecular complexity index is 814. The predicted molar refractivity (Wildman–Crippen MR) is 87.9 cm³/mol. The van der Waals surface area contributed by atoms with Gasteiger partial charge in [-0.15, -0.1) is 0 Å². The van der Waals surface area contributed by atoms with Gasteiger partial charge in [0.1, 0.15) is 5.25 Å². The largest absolute Gasteiger partial charge is 0.313 e. The third kappa shape index (κ3) is 3.25. The van der Waals surface area contributed by atoms with Crippen LogP contribution in [0.2, 0.25) is 5.02 Å². The molecule has 1 atom stereocenters. The van der Waals surface area contributed by atoms with E-state index in [9.17, 15) is 13.2 Å². The van der Waals surface area contributed by atoms with E-state index in [0.717, 1.165) is 5.52 Å². The van der Waals surface area contributed by atoms with Crippen molar-refractivity contribution in [3.8, 4) is 0 Å². The molecule has 0 saturated carbocycles. The van der Waals surface area contributed by atoms with Crippen molar-refractivity contribution in [1.29, 1.82) is 0 Å². The highest BCUT2D eigenvalue weighted by Gasteiger charge is 2.28. The van der Waals surface area contributed by atoms with E-state index in [1.54, 1.807) is 36.7 Å². The molecule has 0 bridgehead atoms. The van der Waals surface area contributed by atoms with Gasteiger partial charge in [-0.25, -0.2) is 13.4 Å². The Morgan fingerprint density at radius 3 is 2.77 bits per heavy atom. The summed E-state index contributed by atoms with van der Waals surface area (Å²) < 4.78 is 25.6. The number of carbonyl (C=O) groups is 1. The lowest BCUT2D eigenvalue weighted by Gasteiger charge is -2.12. The van der Waals surface area contributed by atoms with E-state index in [0.29, 0.717) is 22.9 Å². The molecule has 0 fully saturated rings. The van der Waals surface area contributed by atoms with Crippen molar-refractivity contribution in [2.45, 2.75) is 25.5 Å². The number of imidazole rings is 1. The summed E-state index contributed by atoms with van der Waals surface area (Å²) in [7, 11) is -1.71. The number of amides is 1. The molecule has 1 unspecified atom stereocenters. The highest BCUT2D eigenvalue weighted by Crippen LogP contribution is 2.22. The molecule has 1 N–H and O–H groups in total. The molecule has 6 nitrogen and oxygen atoms in total. The smallest absolute Gasteiger partial charge is 0.244 e. The summed E-state index contributed by atoms with van der Waals surface area (Å²) in [5.74, 6) is -0.307. The molecule has 0 spiro atoms. The van der Waals surface area contributed by atoms with Crippen LogP contribution in [0.3, 0.4) is 0 Å². The van der Waals surface area contributed by atoms with Gasteiger partial charge in [0.25, 0.3) is 0 Å². The van der Waals surface area contributed by atoms with Gasteiger partial charge >= 0.3 is 0 Å². The number of aromatic nitrogens is 2. The predicted octanol–water partition coefficient (Wildman–Crippen LogP) is 2.38. The first kappa shape index (κ1) is 16.8. The van der Waals surface area contributed by atoms with Crippen LogP contribution < -0.4 is 5.32 Å². The monoisotopic (exact) mass is 343 g/mol. The number of nitrogens with zero attached hydrogens (tertiary/aromatic N) is 2. The fourth-order valence-corrected chi connectivity index (χ4v) is 3.59. The summed E-state index contributed by atoms with van der Waals surface area (Å²) in [6, 6.07) is 5.20. The molecular formula is C14H18ClN3O3S. The van der Waals surface area contributed by atoms with Crippen LogP contribution in [0.4, 0.5) is 5.95 Å². The van der Waals surface area contributed by atoms with Crippen molar-refractivity contribution in [3.05, 3.63) is 23.2 Å². The Morgan fingerprint density at radius 1 is 1.45 bits per heavy atom. The van der Waals surface area contributed by atoms with Crippen molar-refractivity contribution in [2.24, 2.45) is 7.05 Å². The van der Waals surface area contributed by atoms with Crippen molar-refractivity contribution in [2.75, 3.05) is 11.1 Å². The molecule has 2 aromatic rings. The second-order valence-corrected chi connectivity index (χ2v) is 8.00. The molecule has 120 valence electrons. The molecule has 22 heavy (non-hydrogen) atoms. The van der Waals surface area contributed by atoms with Gasteiger partial charge < -0.3 is 4.57 Å². The highest BCUT2D eigenvalue weighted by atomic mass is 35.5. The Balaban J connectivity index is 2.27. The van der Waals surface area contributed by atoms with Gasteiger partial charge in [-0.3, -0.25) is 10.1 Å². The van der Waals surface area contributed by atoms with Gasteiger partial charge in [0, 0.05) is 12.1 Å². The van der Waals surface area contributed by atoms with Gasteiger partial charge in [0.05, 0.1) is 16.8 Å². The third-order valence-corrected chi connectivity index (χ3v) is 5.98. The molecule has 0 saturated heterocycles. The molecule has 1 amide bonds. The molecule has 1 aromatic heterocycles. The van der Waals surface area contributed by atoms with Crippen LogP contribution in [0.1, 0.15) is 20.3 Å². The number of hydrogen-bond acceptors (Lipinski definition) is 4. The lowest BCUT2D eigenvalue weighted by Crippen LogP contribution is -2.34. The van der Waals surface area contributed by atoms with E-state index in [1.165, 1.54) is 6.92 Å². The first-order chi connectivity index (χ1) is 10.3. The normalized spacial score (nSPS) is 13.3. The van der Waals surface area contributed by atoms with Crippen LogP contribution in [0.25, 0.3) is 11.0 Å². The zero-order chi connectivity index (χ0) is 16.5. The second kappa shape index (κ2) is 6.26. The number of sulfone groups is 1. The Hall–Kier alpha value is -1.60. The van der Waals surface area contributed by atoms with Gasteiger partial charge in [-0.2, -0.15) is 0 Å². The fourth-order valence-electron chi connectivity index (χ4n) is 2.12. The summed E-state index contributed by atoms with van der Waals surface area (Å²) in [6.45, 7) is 3.15. The molecule has 0 aliphatic rings. The third-order valence-electron chi connectivity index (χ3n) is 3.47. The number of hydrogen-bond donors (Lipinski definition) is 1. The minimum absolute atomic E-state index is 0.0142. The van der Waals surface area contributed by atoms with Crippen LogP contribution in [0, 0.1) is 0 Å². The van der Waals surface area contributed by atoms with Crippen molar-refractivity contribution < 1.29 is 13.2 Å². The average Bonchev–Trinajstić information content (AvgIpc) is 2.73. The topological polar surface area (TPSA) is 81.1 Å². The van der Waals surface area contributed by atoms with E-state index >= 15 is 0 Å². The van der Waals surface area contributed by atoms with E-state index in [-0.39, 0.29) is 5.75 Å². The Labute approximate surface area is 134 Å². The van der Waals surface area contributed by atoms with Gasteiger partial charge in [-0.05, 0) is 31.5 Å². The summed E-state index contributed by atoms with van der Waals surface area (Å²) in [5.41, 5.74) is 1.43. The number of fused-ring (bicyclic) bond motifs is 1. The molecule has 1 heterocycles. The van der Waals surface area contributed by atoms with E-state index in [2.05, 4.69) is 10.3 Å². The van der Waals surface area contributed by atoms with Crippen molar-refractivity contribution >= 4 is 44.3 Å². The maximum absolute atomic E-state index is 12.2. The highest BCUT2D eigenvalue weighted by molar-refractivity contribution is 7.92. The number of halogens is 1. The quantitative estimate of drug-likeness (QED) is 0.903. The molecule has 1 aromatic carbocycles. The maximum atomic E-state index is 12.2. The number of nitrogens with one attached hydrogen (secondary N) is 1. The standard InChI is InChI=1S/C14H18ClN3O3S/c1-4-7-22(20,21)9(2)13(19)17-14-16-11-8-10(15)5-6-12(11)18(14)3/h5-6,8-9H,4,7H2,1-3H3,(H,16,17,19). The van der Waals surface area contributed by atoms with Crippen LogP contribution in [-0.4, -0.2) is 34.9 Å². The van der Waals surface area contributed by atoms with Gasteiger partial charge in [-0.1, -0.05) is 18.5 Å². The molecule has 8 heteroatoms. The Kier molecular flexibility index (Phi) is 4.77. The SMILES string of the molecule is CCCS(=O)(=O)C(C)C(=O)Nc1nc2cc(Cl)ccc2n1C. The van der Waals surface area contributed by atoms with Crippen LogP contribution in [-0.2, 0) is 21.7 Å². The van der Waals surface area contributed by atoms with Crippen molar-refractivity contribution in [1.82, 2.24) is 9.55 Å². The second-order valence-electron chi connectivity index (χ2n) is 5.13. The van der Waals surface area contributed by atoms with Crippen LogP contribution in [0.5, 0.6) is 0 Å². The molecule has 0 aliphatic carbocycles. The number of rotatable bonds is 5. The number of carbonyl (C=O) groups excluding carboxylic acids is 1. The van der Waals surface area contributed by atoms with E-state index < -0.39 is 21.0 Å². The van der Waals surface area contributed by atoms with E-state index in [4.69, 9.17) is 11.6 Å². The van der Waals surface area contributed by atoms with Crippen LogP contribution in [0.15, 0.2) is 18.2 Å². The zero-order valence-electron chi connectivity index (χ0n) is 12.6. The lowest BCUT2D eigenvalue weighted by atomic mass is 10.3. The minimum atomic E-state index is -3.45. The summed E-state index contributed by atoms with van der Waals surface area (Å²) in [5, 5.41) is 2.00. The van der Waals surface area contributed by atoms with Gasteiger partial charge in [0.15, 0.2) is 9.84 Å². The summed E-state index contributed by atoms with van der Waals surface area (Å²) in [4.78, 5) is 16.4. The first-order valence-corrected chi connectivity index (χ1v) is 9.00. The Morgan fingerprint density at radius 2 is 2.14 bits per heavy atom. The van der Waals surface area contributed by atoms with Crippen LogP contribution >= 0.6 is 11.6 Å². The fraction of sp³-hybridized carbons (Fsp3) is 0.429. The van der Waals surface area contributed by atoms with E-state index in [1.807, 2.05) is 0 Å². The molecular weight excluding hydrogens is 326 g/mol.